The maximum atomic E-state index is 12.1. The lowest BCUT2D eigenvalue weighted by molar-refractivity contribution is 0.0151. The normalized spacial score (nSPS) is 14.6. The number of carbonyl (C=O) groups excluding carboxylic acids is 1. The number of hydrogen-bond acceptors (Lipinski definition) is 5. The fraction of sp³-hybridized carbons (Fsp3) is 0.231. The van der Waals surface area contributed by atoms with Crippen LogP contribution in [0.5, 0.6) is 5.88 Å². The van der Waals surface area contributed by atoms with E-state index in [0.29, 0.717) is 19.0 Å². The Hall–Kier alpha value is -2.22. The standard InChI is InChI=1S/C13H11BrN4O3/c14-9-2-1-5-15-12(9)21-8-6-18(7-8)13(20)10-3-4-11(19)17-16-10/h1-5,8H,6-7H2,(H,17,19). The quantitative estimate of drug-likeness (QED) is 0.885. The summed E-state index contributed by atoms with van der Waals surface area (Å²) in [6, 6.07) is 6.33. The number of hydrogen-bond donors (Lipinski definition) is 1. The van der Waals surface area contributed by atoms with E-state index in [2.05, 4.69) is 31.1 Å². The van der Waals surface area contributed by atoms with E-state index in [1.165, 1.54) is 12.1 Å². The molecule has 1 N–H and O–H groups in total. The summed E-state index contributed by atoms with van der Waals surface area (Å²) in [6.45, 7) is 0.922. The third-order valence-electron chi connectivity index (χ3n) is 3.04. The van der Waals surface area contributed by atoms with Gasteiger partial charge in [0.15, 0.2) is 0 Å². The van der Waals surface area contributed by atoms with Gasteiger partial charge >= 0.3 is 0 Å². The van der Waals surface area contributed by atoms with Crippen LogP contribution in [0.1, 0.15) is 10.5 Å². The first-order valence-corrected chi connectivity index (χ1v) is 7.05. The van der Waals surface area contributed by atoms with Crippen molar-refractivity contribution < 1.29 is 9.53 Å². The van der Waals surface area contributed by atoms with Crippen molar-refractivity contribution in [3.63, 3.8) is 0 Å². The van der Waals surface area contributed by atoms with E-state index in [4.69, 9.17) is 4.74 Å². The smallest absolute Gasteiger partial charge is 0.274 e. The number of nitrogens with zero attached hydrogens (tertiary/aromatic N) is 3. The average molecular weight is 351 g/mol. The molecule has 3 heterocycles. The summed E-state index contributed by atoms with van der Waals surface area (Å²) in [4.78, 5) is 28.7. The van der Waals surface area contributed by atoms with Crippen LogP contribution in [0.3, 0.4) is 0 Å². The molecule has 2 aromatic rings. The van der Waals surface area contributed by atoms with Gasteiger partial charge < -0.3 is 9.64 Å². The largest absolute Gasteiger partial charge is 0.470 e. The summed E-state index contributed by atoms with van der Waals surface area (Å²) in [5.41, 5.74) is -0.122. The van der Waals surface area contributed by atoms with Crippen LogP contribution < -0.4 is 10.3 Å². The highest BCUT2D eigenvalue weighted by Crippen LogP contribution is 2.24. The molecule has 8 heteroatoms. The number of ether oxygens (including phenoxy) is 1. The van der Waals surface area contributed by atoms with Gasteiger partial charge in [0, 0.05) is 12.3 Å². The lowest BCUT2D eigenvalue weighted by atomic mass is 10.1. The van der Waals surface area contributed by atoms with Crippen LogP contribution >= 0.6 is 15.9 Å². The van der Waals surface area contributed by atoms with E-state index >= 15 is 0 Å². The summed E-state index contributed by atoms with van der Waals surface area (Å²) in [7, 11) is 0. The molecular formula is C13H11BrN4O3. The number of carbonyl (C=O) groups is 1. The second-order valence-corrected chi connectivity index (χ2v) is 5.40. The first-order chi connectivity index (χ1) is 10.1. The first-order valence-electron chi connectivity index (χ1n) is 6.25. The molecule has 0 atom stereocenters. The Bertz CT molecular complexity index is 707. The Kier molecular flexibility index (Phi) is 3.70. The Morgan fingerprint density at radius 1 is 1.38 bits per heavy atom. The minimum absolute atomic E-state index is 0.0945. The molecule has 1 aliphatic heterocycles. The molecule has 1 fully saturated rings. The van der Waals surface area contributed by atoms with E-state index < -0.39 is 0 Å². The van der Waals surface area contributed by atoms with Crippen molar-refractivity contribution in [1.29, 1.82) is 0 Å². The van der Waals surface area contributed by atoms with Crippen LogP contribution in [0.15, 0.2) is 39.7 Å². The van der Waals surface area contributed by atoms with Crippen LogP contribution in [0.4, 0.5) is 0 Å². The van der Waals surface area contributed by atoms with Crippen molar-refractivity contribution in [3.8, 4) is 5.88 Å². The molecule has 108 valence electrons. The van der Waals surface area contributed by atoms with Crippen molar-refractivity contribution in [1.82, 2.24) is 20.1 Å². The highest BCUT2D eigenvalue weighted by atomic mass is 79.9. The zero-order valence-corrected chi connectivity index (χ0v) is 12.4. The second kappa shape index (κ2) is 5.65. The lowest BCUT2D eigenvalue weighted by Crippen LogP contribution is -2.56. The van der Waals surface area contributed by atoms with Crippen molar-refractivity contribution in [2.24, 2.45) is 0 Å². The predicted molar refractivity (Wildman–Crippen MR) is 77.1 cm³/mol. The van der Waals surface area contributed by atoms with Gasteiger partial charge in [0.05, 0.1) is 17.6 Å². The van der Waals surface area contributed by atoms with E-state index in [0.717, 1.165) is 4.47 Å². The number of likely N-dealkylation sites (tertiary alicyclic amines) is 1. The van der Waals surface area contributed by atoms with Gasteiger partial charge in [-0.1, -0.05) is 0 Å². The van der Waals surface area contributed by atoms with E-state index in [-0.39, 0.29) is 23.3 Å². The highest BCUT2D eigenvalue weighted by Gasteiger charge is 2.34. The van der Waals surface area contributed by atoms with Crippen LogP contribution in [-0.4, -0.2) is 45.2 Å². The maximum absolute atomic E-state index is 12.1. The van der Waals surface area contributed by atoms with Crippen molar-refractivity contribution in [2.75, 3.05) is 13.1 Å². The molecule has 0 unspecified atom stereocenters. The number of aromatic amines is 1. The van der Waals surface area contributed by atoms with E-state index in [1.54, 1.807) is 17.2 Å². The highest BCUT2D eigenvalue weighted by molar-refractivity contribution is 9.10. The van der Waals surface area contributed by atoms with Gasteiger partial charge in [-0.15, -0.1) is 0 Å². The molecule has 0 bridgehead atoms. The molecule has 0 aliphatic carbocycles. The minimum atomic E-state index is -0.337. The summed E-state index contributed by atoms with van der Waals surface area (Å²) in [6.07, 6.45) is 1.55. The molecule has 1 saturated heterocycles. The minimum Gasteiger partial charge on any atom is -0.470 e. The molecule has 0 saturated carbocycles. The lowest BCUT2D eigenvalue weighted by Gasteiger charge is -2.38. The Morgan fingerprint density at radius 2 is 2.19 bits per heavy atom. The van der Waals surface area contributed by atoms with Crippen LogP contribution in [0, 0.1) is 0 Å². The van der Waals surface area contributed by atoms with Gasteiger partial charge in [0.1, 0.15) is 11.8 Å². The average Bonchev–Trinajstić information content (AvgIpc) is 2.44. The number of halogens is 1. The van der Waals surface area contributed by atoms with Crippen LogP contribution in [-0.2, 0) is 0 Å². The summed E-state index contributed by atoms with van der Waals surface area (Å²) < 4.78 is 6.46. The number of aromatic nitrogens is 3. The number of amides is 1. The molecule has 2 aromatic heterocycles. The number of rotatable bonds is 3. The van der Waals surface area contributed by atoms with Gasteiger partial charge in [0.2, 0.25) is 5.88 Å². The molecule has 0 radical (unpaired) electrons. The van der Waals surface area contributed by atoms with Gasteiger partial charge in [-0.05, 0) is 34.1 Å². The van der Waals surface area contributed by atoms with Crippen LogP contribution in [0.2, 0.25) is 0 Å². The van der Waals surface area contributed by atoms with Gasteiger partial charge in [-0.25, -0.2) is 10.1 Å². The monoisotopic (exact) mass is 350 g/mol. The third kappa shape index (κ3) is 2.94. The van der Waals surface area contributed by atoms with E-state index in [1.807, 2.05) is 6.07 Å². The maximum Gasteiger partial charge on any atom is 0.274 e. The fourth-order valence-corrected chi connectivity index (χ4v) is 2.27. The molecule has 7 nitrogen and oxygen atoms in total. The summed E-state index contributed by atoms with van der Waals surface area (Å²) in [5.74, 6) is 0.281. The number of pyridine rings is 1. The number of nitrogens with one attached hydrogen (secondary N) is 1. The van der Waals surface area contributed by atoms with Crippen molar-refractivity contribution >= 4 is 21.8 Å². The third-order valence-corrected chi connectivity index (χ3v) is 3.64. The molecule has 1 amide bonds. The zero-order chi connectivity index (χ0) is 14.8. The van der Waals surface area contributed by atoms with Crippen LogP contribution in [0.25, 0.3) is 0 Å². The number of H-pyrrole nitrogens is 1. The molecule has 3 rings (SSSR count). The van der Waals surface area contributed by atoms with E-state index in [9.17, 15) is 9.59 Å². The second-order valence-electron chi connectivity index (χ2n) is 4.55. The SMILES string of the molecule is O=C(c1ccc(=O)[nH]n1)N1CC(Oc2ncccc2Br)C1. The molecular weight excluding hydrogens is 340 g/mol. The van der Waals surface area contributed by atoms with Crippen molar-refractivity contribution in [2.45, 2.75) is 6.10 Å². The first kappa shape index (κ1) is 13.7. The predicted octanol–water partition coefficient (Wildman–Crippen LogP) is 0.831. The Morgan fingerprint density at radius 3 is 2.86 bits per heavy atom. The fourth-order valence-electron chi connectivity index (χ4n) is 1.92. The van der Waals surface area contributed by atoms with Crippen molar-refractivity contribution in [3.05, 3.63) is 51.0 Å². The Labute approximate surface area is 128 Å². The molecule has 0 aromatic carbocycles. The van der Waals surface area contributed by atoms with Gasteiger partial charge in [-0.3, -0.25) is 9.59 Å². The van der Waals surface area contributed by atoms with Gasteiger partial charge in [0.25, 0.3) is 11.5 Å². The Balaban J connectivity index is 1.58. The molecule has 0 spiro atoms. The zero-order valence-electron chi connectivity index (χ0n) is 10.8. The van der Waals surface area contributed by atoms with Gasteiger partial charge in [-0.2, -0.15) is 5.10 Å². The molecule has 1 aliphatic rings. The topological polar surface area (TPSA) is 88.2 Å². The summed E-state index contributed by atoms with van der Waals surface area (Å²) in [5, 5.41) is 5.96. The molecule has 21 heavy (non-hydrogen) atoms. The summed E-state index contributed by atoms with van der Waals surface area (Å²) >= 11 is 3.35.